The molecule has 0 spiro atoms. The zero-order valence-corrected chi connectivity index (χ0v) is 14.1. The Morgan fingerprint density at radius 3 is 2.76 bits per heavy atom. The summed E-state index contributed by atoms with van der Waals surface area (Å²) >= 11 is 9.19. The number of nitrogens with zero attached hydrogens (tertiary/aromatic N) is 1. The van der Waals surface area contributed by atoms with E-state index in [9.17, 15) is 4.39 Å². The first-order chi connectivity index (χ1) is 10.1. The molecule has 0 saturated heterocycles. The molecule has 1 heterocycles. The van der Waals surface area contributed by atoms with Gasteiger partial charge >= 0.3 is 0 Å². The quantitative estimate of drug-likeness (QED) is 0.779. The highest BCUT2D eigenvalue weighted by atomic mass is 79.9. The Labute approximate surface area is 137 Å². The lowest BCUT2D eigenvalue weighted by molar-refractivity contribution is 0.493. The number of rotatable bonds is 6. The third kappa shape index (κ3) is 4.77. The molecule has 0 bridgehead atoms. The largest absolute Gasteiger partial charge is 0.310 e. The Balaban J connectivity index is 2.22. The van der Waals surface area contributed by atoms with Crippen LogP contribution in [0.5, 0.6) is 0 Å². The molecule has 21 heavy (non-hydrogen) atoms. The van der Waals surface area contributed by atoms with Crippen molar-refractivity contribution in [1.82, 2.24) is 10.3 Å². The van der Waals surface area contributed by atoms with Crippen molar-refractivity contribution in [3.05, 3.63) is 63.1 Å². The molecule has 2 nitrogen and oxygen atoms in total. The second kappa shape index (κ2) is 7.87. The Morgan fingerprint density at radius 1 is 1.33 bits per heavy atom. The van der Waals surface area contributed by atoms with E-state index in [-0.39, 0.29) is 11.9 Å². The summed E-state index contributed by atoms with van der Waals surface area (Å²) in [5, 5.41) is 3.78. The van der Waals surface area contributed by atoms with E-state index in [1.165, 1.54) is 6.07 Å². The van der Waals surface area contributed by atoms with Gasteiger partial charge in [-0.3, -0.25) is 4.98 Å². The number of aromatic nitrogens is 1. The SMILES string of the molecule is CCCNC(Cc1ccc(Br)cn1)c1ccc(Cl)cc1F. The minimum atomic E-state index is -0.284. The lowest BCUT2D eigenvalue weighted by Crippen LogP contribution is -2.25. The van der Waals surface area contributed by atoms with E-state index in [1.807, 2.05) is 12.1 Å². The fraction of sp³-hybridized carbons (Fsp3) is 0.312. The number of nitrogens with one attached hydrogen (secondary N) is 1. The Hall–Kier alpha value is -0.970. The molecule has 2 rings (SSSR count). The van der Waals surface area contributed by atoms with Crippen LogP contribution in [0.2, 0.25) is 5.02 Å². The maximum atomic E-state index is 14.1. The van der Waals surface area contributed by atoms with E-state index in [2.05, 4.69) is 33.2 Å². The van der Waals surface area contributed by atoms with E-state index in [0.29, 0.717) is 17.0 Å². The van der Waals surface area contributed by atoms with Crippen LogP contribution < -0.4 is 5.32 Å². The molecule has 0 aliphatic heterocycles. The molecular formula is C16H17BrClFN2. The molecule has 1 unspecified atom stereocenters. The summed E-state index contributed by atoms with van der Waals surface area (Å²) in [5.74, 6) is -0.284. The summed E-state index contributed by atoms with van der Waals surface area (Å²) in [5.41, 5.74) is 1.54. The lowest BCUT2D eigenvalue weighted by atomic mass is 10.0. The molecule has 1 atom stereocenters. The Kier molecular flexibility index (Phi) is 6.15. The number of pyridine rings is 1. The third-order valence-electron chi connectivity index (χ3n) is 3.18. The van der Waals surface area contributed by atoms with Gasteiger partial charge in [0.15, 0.2) is 0 Å². The topological polar surface area (TPSA) is 24.9 Å². The summed E-state index contributed by atoms with van der Waals surface area (Å²) in [7, 11) is 0. The fourth-order valence-electron chi connectivity index (χ4n) is 2.13. The van der Waals surface area contributed by atoms with Crippen LogP contribution in [0.3, 0.4) is 0 Å². The Bertz CT molecular complexity index is 589. The number of benzene rings is 1. The highest BCUT2D eigenvalue weighted by molar-refractivity contribution is 9.10. The molecule has 0 aliphatic carbocycles. The second-order valence-electron chi connectivity index (χ2n) is 4.84. The molecule has 0 aliphatic rings. The van der Waals surface area contributed by atoms with Crippen LogP contribution >= 0.6 is 27.5 Å². The van der Waals surface area contributed by atoms with Crippen molar-refractivity contribution < 1.29 is 4.39 Å². The normalized spacial score (nSPS) is 12.4. The molecule has 1 N–H and O–H groups in total. The van der Waals surface area contributed by atoms with Gasteiger partial charge in [-0.2, -0.15) is 0 Å². The molecule has 2 aromatic rings. The van der Waals surface area contributed by atoms with Crippen LogP contribution in [0.25, 0.3) is 0 Å². The van der Waals surface area contributed by atoms with E-state index in [4.69, 9.17) is 11.6 Å². The van der Waals surface area contributed by atoms with Gasteiger partial charge in [0, 0.05) is 39.4 Å². The van der Waals surface area contributed by atoms with Gasteiger partial charge in [-0.1, -0.05) is 24.6 Å². The predicted octanol–water partition coefficient (Wildman–Crippen LogP) is 4.92. The summed E-state index contributed by atoms with van der Waals surface area (Å²) in [6, 6.07) is 8.58. The summed E-state index contributed by atoms with van der Waals surface area (Å²) in [6.07, 6.45) is 3.37. The average Bonchev–Trinajstić information content (AvgIpc) is 2.46. The molecule has 1 aromatic carbocycles. The van der Waals surface area contributed by atoms with Crippen LogP contribution in [0.4, 0.5) is 4.39 Å². The lowest BCUT2D eigenvalue weighted by Gasteiger charge is -2.19. The van der Waals surface area contributed by atoms with Gasteiger partial charge in [0.2, 0.25) is 0 Å². The molecule has 5 heteroatoms. The van der Waals surface area contributed by atoms with Gasteiger partial charge in [0.05, 0.1) is 0 Å². The van der Waals surface area contributed by atoms with Crippen molar-refractivity contribution in [2.24, 2.45) is 0 Å². The molecule has 112 valence electrons. The van der Waals surface area contributed by atoms with Gasteiger partial charge in [0.25, 0.3) is 0 Å². The van der Waals surface area contributed by atoms with E-state index < -0.39 is 0 Å². The zero-order chi connectivity index (χ0) is 15.2. The first-order valence-corrected chi connectivity index (χ1v) is 8.06. The number of hydrogen-bond donors (Lipinski definition) is 1. The molecule has 0 fully saturated rings. The highest BCUT2D eigenvalue weighted by Crippen LogP contribution is 2.24. The minimum absolute atomic E-state index is 0.115. The molecule has 0 amide bonds. The van der Waals surface area contributed by atoms with Gasteiger partial charge in [0.1, 0.15) is 5.82 Å². The van der Waals surface area contributed by atoms with Crippen molar-refractivity contribution in [1.29, 1.82) is 0 Å². The molecule has 1 aromatic heterocycles. The number of hydrogen-bond acceptors (Lipinski definition) is 2. The maximum absolute atomic E-state index is 14.1. The van der Waals surface area contributed by atoms with Crippen LogP contribution in [0.15, 0.2) is 41.0 Å². The van der Waals surface area contributed by atoms with Gasteiger partial charge in [-0.25, -0.2) is 4.39 Å². The van der Waals surface area contributed by atoms with E-state index in [1.54, 1.807) is 18.3 Å². The summed E-state index contributed by atoms with van der Waals surface area (Å²) < 4.78 is 15.1. The van der Waals surface area contributed by atoms with Crippen LogP contribution in [0.1, 0.15) is 30.6 Å². The van der Waals surface area contributed by atoms with Crippen molar-refractivity contribution in [3.8, 4) is 0 Å². The molecular weight excluding hydrogens is 355 g/mol. The van der Waals surface area contributed by atoms with Crippen LogP contribution in [-0.4, -0.2) is 11.5 Å². The summed E-state index contributed by atoms with van der Waals surface area (Å²) in [4.78, 5) is 4.36. The fourth-order valence-corrected chi connectivity index (χ4v) is 2.52. The first-order valence-electron chi connectivity index (χ1n) is 6.89. The standard InChI is InChI=1S/C16H17BrClFN2/c1-2-7-20-16(9-13-5-3-11(17)10-21-13)14-6-4-12(18)8-15(14)19/h3-6,8,10,16,20H,2,7,9H2,1H3. The number of halogens is 3. The van der Waals surface area contributed by atoms with Gasteiger partial charge < -0.3 is 5.32 Å². The van der Waals surface area contributed by atoms with Crippen LogP contribution in [0, 0.1) is 5.82 Å². The highest BCUT2D eigenvalue weighted by Gasteiger charge is 2.16. The Morgan fingerprint density at radius 2 is 2.14 bits per heavy atom. The van der Waals surface area contributed by atoms with Gasteiger partial charge in [-0.15, -0.1) is 0 Å². The van der Waals surface area contributed by atoms with Crippen molar-refractivity contribution in [3.63, 3.8) is 0 Å². The van der Waals surface area contributed by atoms with Gasteiger partial charge in [-0.05, 0) is 53.2 Å². The second-order valence-corrected chi connectivity index (χ2v) is 6.20. The smallest absolute Gasteiger partial charge is 0.129 e. The van der Waals surface area contributed by atoms with Crippen molar-refractivity contribution in [2.75, 3.05) is 6.54 Å². The minimum Gasteiger partial charge on any atom is -0.310 e. The first kappa shape index (κ1) is 16.4. The molecule has 0 saturated carbocycles. The van der Waals surface area contributed by atoms with Crippen molar-refractivity contribution >= 4 is 27.5 Å². The van der Waals surface area contributed by atoms with Crippen molar-refractivity contribution in [2.45, 2.75) is 25.8 Å². The van der Waals surface area contributed by atoms with E-state index >= 15 is 0 Å². The average molecular weight is 372 g/mol. The van der Waals surface area contributed by atoms with Crippen LogP contribution in [-0.2, 0) is 6.42 Å². The zero-order valence-electron chi connectivity index (χ0n) is 11.7. The monoisotopic (exact) mass is 370 g/mol. The predicted molar refractivity (Wildman–Crippen MR) is 88.1 cm³/mol. The third-order valence-corrected chi connectivity index (χ3v) is 3.88. The maximum Gasteiger partial charge on any atom is 0.129 e. The summed E-state index contributed by atoms with van der Waals surface area (Å²) in [6.45, 7) is 2.91. The molecule has 0 radical (unpaired) electrons. The van der Waals surface area contributed by atoms with E-state index in [0.717, 1.165) is 23.1 Å².